The van der Waals surface area contributed by atoms with Crippen LogP contribution in [-0.2, 0) is 11.3 Å². The molecule has 0 radical (unpaired) electrons. The Bertz CT molecular complexity index is 746. The first-order chi connectivity index (χ1) is 12.2. The van der Waals surface area contributed by atoms with Gasteiger partial charge in [0.05, 0.1) is 12.0 Å². The van der Waals surface area contributed by atoms with Crippen LogP contribution >= 0.6 is 0 Å². The Morgan fingerprint density at radius 3 is 2.68 bits per heavy atom. The highest BCUT2D eigenvalue weighted by molar-refractivity contribution is 6.21. The molecule has 0 bridgehead atoms. The number of aryl methyl sites for hydroxylation is 1. The first-order valence-corrected chi connectivity index (χ1v) is 8.62. The van der Waals surface area contributed by atoms with Crippen molar-refractivity contribution in [2.24, 2.45) is 0 Å². The molecule has 130 valence electrons. The van der Waals surface area contributed by atoms with Gasteiger partial charge in [0, 0.05) is 45.1 Å². The number of urea groups is 1. The number of carbonyl (C=O) groups is 2. The minimum absolute atomic E-state index is 0.115. The normalized spacial score (nSPS) is 21.0. The van der Waals surface area contributed by atoms with E-state index in [-0.39, 0.29) is 18.0 Å². The third kappa shape index (κ3) is 3.02. The number of hydrogen-bond donors (Lipinski definition) is 0. The average Bonchev–Trinajstić information content (AvgIpc) is 3.23. The van der Waals surface area contributed by atoms with Gasteiger partial charge in [-0.25, -0.2) is 14.7 Å². The van der Waals surface area contributed by atoms with Crippen LogP contribution in [0.5, 0.6) is 0 Å². The van der Waals surface area contributed by atoms with Gasteiger partial charge in [-0.15, -0.1) is 0 Å². The van der Waals surface area contributed by atoms with Crippen LogP contribution in [0.25, 0.3) is 0 Å². The molecule has 2 fully saturated rings. The maximum Gasteiger partial charge on any atom is 0.332 e. The molecule has 7 nitrogen and oxygen atoms in total. The molecule has 0 spiro atoms. The summed E-state index contributed by atoms with van der Waals surface area (Å²) in [6, 6.07) is 8.61. The number of amides is 3. The molecule has 0 N–H and O–H groups in total. The fourth-order valence-corrected chi connectivity index (χ4v) is 3.57. The van der Waals surface area contributed by atoms with Crippen molar-refractivity contribution in [2.45, 2.75) is 19.0 Å². The lowest BCUT2D eigenvalue weighted by Crippen LogP contribution is -2.53. The summed E-state index contributed by atoms with van der Waals surface area (Å²) >= 11 is 0. The van der Waals surface area contributed by atoms with Crippen molar-refractivity contribution in [3.05, 3.63) is 49.1 Å². The van der Waals surface area contributed by atoms with Gasteiger partial charge in [0.1, 0.15) is 6.04 Å². The van der Waals surface area contributed by atoms with Crippen molar-refractivity contribution in [1.29, 1.82) is 0 Å². The summed E-state index contributed by atoms with van der Waals surface area (Å²) in [6.45, 7) is 3.84. The quantitative estimate of drug-likeness (QED) is 0.773. The molecule has 2 saturated heterocycles. The molecule has 1 aromatic carbocycles. The highest BCUT2D eigenvalue weighted by atomic mass is 16.2. The molecule has 3 heterocycles. The monoisotopic (exact) mass is 339 g/mol. The molecule has 7 heteroatoms. The minimum atomic E-state index is -0.366. The maximum absolute atomic E-state index is 12.8. The van der Waals surface area contributed by atoms with Crippen LogP contribution in [0.1, 0.15) is 6.42 Å². The lowest BCUT2D eigenvalue weighted by Gasteiger charge is -2.35. The smallest absolute Gasteiger partial charge is 0.332 e. The Kier molecular flexibility index (Phi) is 4.23. The van der Waals surface area contributed by atoms with E-state index in [0.29, 0.717) is 18.8 Å². The molecule has 0 saturated carbocycles. The SMILES string of the molecule is O=C1[C@@H]2CN(CCCn3ccnc3)CCN2C(=O)N1c1ccccc1. The van der Waals surface area contributed by atoms with Gasteiger partial charge >= 0.3 is 6.03 Å². The number of nitrogens with zero attached hydrogens (tertiary/aromatic N) is 5. The first-order valence-electron chi connectivity index (χ1n) is 8.62. The molecular formula is C18H21N5O2. The number of benzene rings is 1. The van der Waals surface area contributed by atoms with Crippen LogP contribution in [0.2, 0.25) is 0 Å². The molecule has 2 aliphatic heterocycles. The van der Waals surface area contributed by atoms with E-state index < -0.39 is 0 Å². The number of hydrogen-bond acceptors (Lipinski definition) is 4. The second-order valence-corrected chi connectivity index (χ2v) is 6.46. The van der Waals surface area contributed by atoms with E-state index in [1.165, 1.54) is 4.90 Å². The van der Waals surface area contributed by atoms with Crippen LogP contribution < -0.4 is 4.90 Å². The van der Waals surface area contributed by atoms with Crippen molar-refractivity contribution in [3.63, 3.8) is 0 Å². The number of aromatic nitrogens is 2. The van der Waals surface area contributed by atoms with Crippen molar-refractivity contribution >= 4 is 17.6 Å². The molecule has 2 aliphatic rings. The Balaban J connectivity index is 1.39. The topological polar surface area (TPSA) is 61.7 Å². The molecule has 25 heavy (non-hydrogen) atoms. The van der Waals surface area contributed by atoms with Gasteiger partial charge in [-0.3, -0.25) is 9.69 Å². The summed E-state index contributed by atoms with van der Waals surface area (Å²) in [5, 5.41) is 0. The van der Waals surface area contributed by atoms with Gasteiger partial charge in [0.2, 0.25) is 0 Å². The Hall–Kier alpha value is -2.67. The number of piperazine rings is 1. The van der Waals surface area contributed by atoms with E-state index in [0.717, 1.165) is 26.1 Å². The number of fused-ring (bicyclic) bond motifs is 1. The second-order valence-electron chi connectivity index (χ2n) is 6.46. The zero-order valence-corrected chi connectivity index (χ0v) is 14.0. The fourth-order valence-electron chi connectivity index (χ4n) is 3.57. The molecule has 1 aromatic heterocycles. The third-order valence-corrected chi connectivity index (χ3v) is 4.87. The molecule has 1 atom stereocenters. The predicted molar refractivity (Wildman–Crippen MR) is 93.1 cm³/mol. The summed E-state index contributed by atoms with van der Waals surface area (Å²) in [7, 11) is 0. The summed E-state index contributed by atoms with van der Waals surface area (Å²) in [5.41, 5.74) is 0.651. The zero-order chi connectivity index (χ0) is 17.2. The van der Waals surface area contributed by atoms with Crippen molar-refractivity contribution in [3.8, 4) is 0 Å². The number of rotatable bonds is 5. The van der Waals surface area contributed by atoms with Gasteiger partial charge in [-0.1, -0.05) is 18.2 Å². The van der Waals surface area contributed by atoms with Crippen LogP contribution in [-0.4, -0.2) is 63.5 Å². The highest BCUT2D eigenvalue weighted by Gasteiger charge is 2.48. The number of imidazole rings is 1. The summed E-state index contributed by atoms with van der Waals surface area (Å²) in [5.74, 6) is -0.115. The van der Waals surface area contributed by atoms with E-state index in [4.69, 9.17) is 0 Å². The highest BCUT2D eigenvalue weighted by Crippen LogP contribution is 2.27. The Morgan fingerprint density at radius 2 is 1.92 bits per heavy atom. The van der Waals surface area contributed by atoms with E-state index in [1.54, 1.807) is 23.2 Å². The number of imide groups is 1. The van der Waals surface area contributed by atoms with Gasteiger partial charge < -0.3 is 9.47 Å². The predicted octanol–water partition coefficient (Wildman–Crippen LogP) is 1.43. The van der Waals surface area contributed by atoms with E-state index >= 15 is 0 Å². The standard InChI is InChI=1S/C18H21N5O2/c24-17-16-13-20(8-4-9-21-10-7-19-14-21)11-12-22(16)18(25)23(17)15-5-2-1-3-6-15/h1-3,5-7,10,14,16H,4,8-9,11-13H2/t16-/m0/s1. The van der Waals surface area contributed by atoms with E-state index in [9.17, 15) is 9.59 Å². The average molecular weight is 339 g/mol. The van der Waals surface area contributed by atoms with E-state index in [1.807, 2.05) is 30.7 Å². The van der Waals surface area contributed by atoms with Crippen LogP contribution in [0.3, 0.4) is 0 Å². The fraction of sp³-hybridized carbons (Fsp3) is 0.389. The lowest BCUT2D eigenvalue weighted by molar-refractivity contribution is -0.121. The Morgan fingerprint density at radius 1 is 1.08 bits per heavy atom. The van der Waals surface area contributed by atoms with Crippen LogP contribution in [0.15, 0.2) is 49.1 Å². The van der Waals surface area contributed by atoms with Crippen molar-refractivity contribution in [2.75, 3.05) is 31.1 Å². The Labute approximate surface area is 146 Å². The van der Waals surface area contributed by atoms with Gasteiger partial charge in [-0.05, 0) is 18.6 Å². The second kappa shape index (κ2) is 6.68. The van der Waals surface area contributed by atoms with Gasteiger partial charge in [-0.2, -0.15) is 0 Å². The van der Waals surface area contributed by atoms with E-state index in [2.05, 4.69) is 14.5 Å². The summed E-state index contributed by atoms with van der Waals surface area (Å²) in [6.07, 6.45) is 6.54. The number of carbonyl (C=O) groups excluding carboxylic acids is 2. The van der Waals surface area contributed by atoms with Gasteiger partial charge in [0.15, 0.2) is 0 Å². The third-order valence-electron chi connectivity index (χ3n) is 4.87. The number of para-hydroxylation sites is 1. The summed E-state index contributed by atoms with van der Waals surface area (Å²) in [4.78, 5) is 34.8. The molecule has 3 amide bonds. The molecule has 4 rings (SSSR count). The molecule has 0 unspecified atom stereocenters. The van der Waals surface area contributed by atoms with Crippen molar-refractivity contribution in [1.82, 2.24) is 19.4 Å². The largest absolute Gasteiger partial charge is 0.337 e. The molecular weight excluding hydrogens is 318 g/mol. The van der Waals surface area contributed by atoms with Crippen LogP contribution in [0, 0.1) is 0 Å². The minimum Gasteiger partial charge on any atom is -0.337 e. The van der Waals surface area contributed by atoms with Crippen LogP contribution in [0.4, 0.5) is 10.5 Å². The first kappa shape index (κ1) is 15.8. The maximum atomic E-state index is 12.8. The summed E-state index contributed by atoms with van der Waals surface area (Å²) < 4.78 is 2.05. The molecule has 0 aliphatic carbocycles. The van der Waals surface area contributed by atoms with Crippen molar-refractivity contribution < 1.29 is 9.59 Å². The zero-order valence-electron chi connectivity index (χ0n) is 14.0. The molecule has 2 aromatic rings. The van der Waals surface area contributed by atoms with Gasteiger partial charge in [0.25, 0.3) is 5.91 Å². The number of anilines is 1. The lowest BCUT2D eigenvalue weighted by atomic mass is 10.1.